The van der Waals surface area contributed by atoms with Gasteiger partial charge in [0.1, 0.15) is 18.1 Å². The lowest BCUT2D eigenvalue weighted by molar-refractivity contribution is -0.141. The third-order valence-electron chi connectivity index (χ3n) is 4.71. The summed E-state index contributed by atoms with van der Waals surface area (Å²) in [7, 11) is 0. The molecule has 10 N–H and O–H groups in total. The number of primary amides is 1. The molecule has 4 unspecified atom stereocenters. The average Bonchev–Trinajstić information content (AvgIpc) is 2.72. The second-order valence-corrected chi connectivity index (χ2v) is 8.13. The van der Waals surface area contributed by atoms with Gasteiger partial charge in [-0.1, -0.05) is 13.8 Å². The van der Waals surface area contributed by atoms with E-state index >= 15 is 0 Å². The van der Waals surface area contributed by atoms with Gasteiger partial charge in [0.15, 0.2) is 0 Å². The summed E-state index contributed by atoms with van der Waals surface area (Å²) >= 11 is 3.88. The monoisotopic (exact) mass is 476 g/mol. The molecule has 0 aliphatic carbocycles. The first-order valence-corrected chi connectivity index (χ1v) is 11.1. The number of hydrogen-bond donors (Lipinski definition) is 8. The van der Waals surface area contributed by atoms with Crippen molar-refractivity contribution in [1.29, 1.82) is 0 Å². The maximum atomic E-state index is 12.9. The molecule has 4 amide bonds. The third kappa shape index (κ3) is 11.3. The van der Waals surface area contributed by atoms with Crippen molar-refractivity contribution in [2.45, 2.75) is 70.1 Å². The molecule has 0 aliphatic heterocycles. The summed E-state index contributed by atoms with van der Waals surface area (Å²) in [5.41, 5.74) is 16.5. The lowest BCUT2D eigenvalue weighted by Crippen LogP contribution is -2.57. The fourth-order valence-electron chi connectivity index (χ4n) is 2.62. The number of amides is 4. The number of unbranched alkanes of at least 4 members (excludes halogenated alkanes) is 1. The minimum absolute atomic E-state index is 0.152. The SMILES string of the molecule is CC(C)C(N)C(=O)NC(CCCCN)C(=O)NC(CCC(N)=O)C(=O)NC(CS)C(=O)O. The number of nitrogens with two attached hydrogens (primary N) is 3. The van der Waals surface area contributed by atoms with Gasteiger partial charge in [-0.05, 0) is 38.1 Å². The van der Waals surface area contributed by atoms with Gasteiger partial charge in [0, 0.05) is 12.2 Å². The molecule has 184 valence electrons. The molecule has 0 aliphatic rings. The molecule has 13 heteroatoms. The van der Waals surface area contributed by atoms with E-state index in [-0.39, 0.29) is 30.9 Å². The minimum Gasteiger partial charge on any atom is -0.480 e. The van der Waals surface area contributed by atoms with Gasteiger partial charge in [0.2, 0.25) is 23.6 Å². The van der Waals surface area contributed by atoms with Gasteiger partial charge in [-0.2, -0.15) is 12.6 Å². The maximum Gasteiger partial charge on any atom is 0.327 e. The van der Waals surface area contributed by atoms with Crippen molar-refractivity contribution < 1.29 is 29.1 Å². The van der Waals surface area contributed by atoms with Crippen LogP contribution < -0.4 is 33.2 Å². The topological polar surface area (TPSA) is 220 Å². The van der Waals surface area contributed by atoms with Crippen molar-refractivity contribution in [2.75, 3.05) is 12.3 Å². The van der Waals surface area contributed by atoms with E-state index in [1.807, 2.05) is 0 Å². The molecule has 0 aromatic rings. The first kappa shape index (κ1) is 29.6. The van der Waals surface area contributed by atoms with E-state index in [1.165, 1.54) is 0 Å². The second-order valence-electron chi connectivity index (χ2n) is 7.76. The van der Waals surface area contributed by atoms with Crippen molar-refractivity contribution in [3.8, 4) is 0 Å². The van der Waals surface area contributed by atoms with E-state index < -0.39 is 53.8 Å². The summed E-state index contributed by atoms with van der Waals surface area (Å²) in [6.07, 6.45) is 1.02. The molecule has 0 saturated heterocycles. The Labute approximate surface area is 193 Å². The molecule has 0 bridgehead atoms. The standard InChI is InChI=1S/C19H36N6O6S/c1-10(2)15(22)18(29)24-11(5-3-4-8-20)16(27)23-12(6-7-14(21)26)17(28)25-13(9-32)19(30)31/h10-13,15,32H,3-9,20,22H2,1-2H3,(H2,21,26)(H,23,27)(H,24,29)(H,25,28)(H,30,31). The van der Waals surface area contributed by atoms with Gasteiger partial charge in [0.05, 0.1) is 6.04 Å². The van der Waals surface area contributed by atoms with Crippen LogP contribution in [0.4, 0.5) is 0 Å². The number of nitrogens with one attached hydrogen (secondary N) is 3. The highest BCUT2D eigenvalue weighted by Crippen LogP contribution is 2.06. The molecule has 32 heavy (non-hydrogen) atoms. The molecular weight excluding hydrogens is 440 g/mol. The predicted octanol–water partition coefficient (Wildman–Crippen LogP) is -2.17. The quantitative estimate of drug-likeness (QED) is 0.0902. The third-order valence-corrected chi connectivity index (χ3v) is 5.08. The van der Waals surface area contributed by atoms with Crippen LogP contribution in [0, 0.1) is 5.92 Å². The first-order valence-electron chi connectivity index (χ1n) is 10.4. The zero-order chi connectivity index (χ0) is 24.8. The molecule has 4 atom stereocenters. The van der Waals surface area contributed by atoms with Crippen LogP contribution in [-0.2, 0) is 24.0 Å². The molecule has 0 heterocycles. The van der Waals surface area contributed by atoms with Crippen molar-refractivity contribution >= 4 is 42.2 Å². The van der Waals surface area contributed by atoms with Crippen LogP contribution in [0.1, 0.15) is 46.0 Å². The van der Waals surface area contributed by atoms with Gasteiger partial charge >= 0.3 is 5.97 Å². The maximum absolute atomic E-state index is 12.9. The number of carbonyl (C=O) groups is 5. The van der Waals surface area contributed by atoms with E-state index in [0.29, 0.717) is 19.4 Å². The largest absolute Gasteiger partial charge is 0.480 e. The average molecular weight is 477 g/mol. The Balaban J connectivity index is 5.48. The lowest BCUT2D eigenvalue weighted by atomic mass is 10.0. The molecular formula is C19H36N6O6S. The molecule has 12 nitrogen and oxygen atoms in total. The highest BCUT2D eigenvalue weighted by Gasteiger charge is 2.30. The van der Waals surface area contributed by atoms with E-state index in [9.17, 15) is 24.0 Å². The number of carbonyl (C=O) groups excluding carboxylic acids is 4. The summed E-state index contributed by atoms with van der Waals surface area (Å²) in [6.45, 7) is 3.92. The second kappa shape index (κ2) is 15.4. The van der Waals surface area contributed by atoms with Crippen LogP contribution in [0.2, 0.25) is 0 Å². The number of carboxylic acids is 1. The molecule has 0 spiro atoms. The first-order chi connectivity index (χ1) is 14.9. The van der Waals surface area contributed by atoms with Gasteiger partial charge in [-0.3, -0.25) is 19.2 Å². The van der Waals surface area contributed by atoms with Crippen molar-refractivity contribution in [3.63, 3.8) is 0 Å². The van der Waals surface area contributed by atoms with Crippen LogP contribution in [0.15, 0.2) is 0 Å². The number of aliphatic carboxylic acids is 1. The fourth-order valence-corrected chi connectivity index (χ4v) is 2.87. The Hall–Kier alpha value is -2.38. The molecule has 0 rings (SSSR count). The van der Waals surface area contributed by atoms with Crippen LogP contribution >= 0.6 is 12.6 Å². The summed E-state index contributed by atoms with van der Waals surface area (Å²) < 4.78 is 0. The van der Waals surface area contributed by atoms with E-state index in [2.05, 4.69) is 28.6 Å². The van der Waals surface area contributed by atoms with Crippen LogP contribution in [-0.4, -0.2) is 71.2 Å². The van der Waals surface area contributed by atoms with Crippen LogP contribution in [0.25, 0.3) is 0 Å². The van der Waals surface area contributed by atoms with Crippen LogP contribution in [0.5, 0.6) is 0 Å². The molecule has 0 aromatic heterocycles. The van der Waals surface area contributed by atoms with Crippen molar-refractivity contribution in [1.82, 2.24) is 16.0 Å². The van der Waals surface area contributed by atoms with Crippen LogP contribution in [0.3, 0.4) is 0 Å². The molecule has 0 fully saturated rings. The minimum atomic E-state index is -1.30. The molecule has 0 saturated carbocycles. The molecule has 0 aromatic carbocycles. The summed E-state index contributed by atoms with van der Waals surface area (Å²) in [5.74, 6) is -4.35. The highest BCUT2D eigenvalue weighted by molar-refractivity contribution is 7.80. The lowest BCUT2D eigenvalue weighted by Gasteiger charge is -2.25. The predicted molar refractivity (Wildman–Crippen MR) is 121 cm³/mol. The Bertz CT molecular complexity index is 662. The van der Waals surface area contributed by atoms with Gasteiger partial charge in [0.25, 0.3) is 0 Å². The van der Waals surface area contributed by atoms with Crippen molar-refractivity contribution in [2.24, 2.45) is 23.1 Å². The van der Waals surface area contributed by atoms with E-state index in [4.69, 9.17) is 22.3 Å². The van der Waals surface area contributed by atoms with Crippen molar-refractivity contribution in [3.05, 3.63) is 0 Å². The summed E-state index contributed by atoms with van der Waals surface area (Å²) in [6, 6.07) is -4.37. The zero-order valence-electron chi connectivity index (χ0n) is 18.5. The summed E-state index contributed by atoms with van der Waals surface area (Å²) in [4.78, 5) is 60.2. The zero-order valence-corrected chi connectivity index (χ0v) is 19.4. The van der Waals surface area contributed by atoms with Gasteiger partial charge in [-0.25, -0.2) is 4.79 Å². The normalized spacial score (nSPS) is 14.7. The Morgan fingerprint density at radius 1 is 0.875 bits per heavy atom. The Morgan fingerprint density at radius 2 is 1.38 bits per heavy atom. The van der Waals surface area contributed by atoms with Gasteiger partial charge in [-0.15, -0.1) is 0 Å². The van der Waals surface area contributed by atoms with E-state index in [0.717, 1.165) is 0 Å². The fraction of sp³-hybridized carbons (Fsp3) is 0.737. The smallest absolute Gasteiger partial charge is 0.327 e. The number of carboxylic acid groups (broad SMARTS) is 1. The number of rotatable bonds is 16. The number of thiol groups is 1. The number of hydrogen-bond acceptors (Lipinski definition) is 8. The summed E-state index contributed by atoms with van der Waals surface area (Å²) in [5, 5.41) is 16.4. The van der Waals surface area contributed by atoms with E-state index in [1.54, 1.807) is 13.8 Å². The molecule has 0 radical (unpaired) electrons. The Kier molecular flexibility index (Phi) is 14.3. The highest BCUT2D eigenvalue weighted by atomic mass is 32.1. The van der Waals surface area contributed by atoms with Gasteiger partial charge < -0.3 is 38.3 Å². The Morgan fingerprint density at radius 3 is 1.81 bits per heavy atom.